The first-order chi connectivity index (χ1) is 9.19. The third-order valence-electron chi connectivity index (χ3n) is 3.13. The number of fused-ring (bicyclic) bond motifs is 3. The number of methoxy groups -OCH3 is 1. The van der Waals surface area contributed by atoms with E-state index < -0.39 is 0 Å². The Morgan fingerprint density at radius 3 is 3.11 bits per heavy atom. The lowest BCUT2D eigenvalue weighted by atomic mass is 10.1. The van der Waals surface area contributed by atoms with Gasteiger partial charge < -0.3 is 14.0 Å². The zero-order chi connectivity index (χ0) is 13.4. The van der Waals surface area contributed by atoms with Crippen molar-refractivity contribution in [1.29, 1.82) is 0 Å². The highest BCUT2D eigenvalue weighted by molar-refractivity contribution is 5.91. The molecule has 3 rings (SSSR count). The van der Waals surface area contributed by atoms with Gasteiger partial charge >= 0.3 is 5.97 Å². The van der Waals surface area contributed by atoms with Crippen LogP contribution in [0, 0.1) is 6.92 Å². The lowest BCUT2D eigenvalue weighted by Gasteiger charge is -2.08. The first-order valence-electron chi connectivity index (χ1n) is 6.08. The van der Waals surface area contributed by atoms with Crippen molar-refractivity contribution in [3.8, 4) is 17.1 Å². The Kier molecular flexibility index (Phi) is 2.74. The maximum absolute atomic E-state index is 11.5. The van der Waals surface area contributed by atoms with E-state index in [9.17, 15) is 4.79 Å². The van der Waals surface area contributed by atoms with E-state index in [0.29, 0.717) is 17.9 Å². The summed E-state index contributed by atoms with van der Waals surface area (Å²) in [6.07, 6.45) is 2.00. The van der Waals surface area contributed by atoms with Crippen LogP contribution in [0.3, 0.4) is 0 Å². The molecule has 5 nitrogen and oxygen atoms in total. The van der Waals surface area contributed by atoms with Gasteiger partial charge in [0.25, 0.3) is 0 Å². The molecule has 0 atom stereocenters. The van der Waals surface area contributed by atoms with E-state index in [1.54, 1.807) is 12.1 Å². The van der Waals surface area contributed by atoms with Crippen molar-refractivity contribution in [3.05, 3.63) is 35.7 Å². The highest BCUT2D eigenvalue weighted by atomic mass is 16.5. The molecule has 0 radical (unpaired) electrons. The molecule has 1 aromatic carbocycles. The smallest absolute Gasteiger partial charge is 0.337 e. The standard InChI is InChI=1S/C14H14N2O3/c1-9-8-16-5-6-19-12-7-10(14(17)18-2)3-4-11(12)13(16)15-9/h3-4,7-8H,5-6H2,1-2H3. The summed E-state index contributed by atoms with van der Waals surface area (Å²) in [5, 5.41) is 0. The Hall–Kier alpha value is -2.30. The van der Waals surface area contributed by atoms with Crippen molar-refractivity contribution in [2.45, 2.75) is 13.5 Å². The molecule has 1 aliphatic rings. The van der Waals surface area contributed by atoms with E-state index in [4.69, 9.17) is 9.47 Å². The minimum Gasteiger partial charge on any atom is -0.491 e. The Bertz CT molecular complexity index is 646. The number of benzene rings is 1. The minimum atomic E-state index is -0.366. The predicted molar refractivity (Wildman–Crippen MR) is 69.2 cm³/mol. The molecule has 0 amide bonds. The topological polar surface area (TPSA) is 53.4 Å². The van der Waals surface area contributed by atoms with E-state index in [1.807, 2.05) is 19.2 Å². The molecule has 0 saturated carbocycles. The number of carbonyl (C=O) groups is 1. The number of hydrogen-bond acceptors (Lipinski definition) is 4. The molecular weight excluding hydrogens is 244 g/mol. The summed E-state index contributed by atoms with van der Waals surface area (Å²) in [6.45, 7) is 3.27. The summed E-state index contributed by atoms with van der Waals surface area (Å²) in [6, 6.07) is 5.29. The van der Waals surface area contributed by atoms with E-state index in [0.717, 1.165) is 23.6 Å². The minimum absolute atomic E-state index is 0.366. The molecule has 0 spiro atoms. The maximum Gasteiger partial charge on any atom is 0.337 e. The van der Waals surface area contributed by atoms with Gasteiger partial charge in [-0.05, 0) is 25.1 Å². The van der Waals surface area contributed by atoms with E-state index in [2.05, 4.69) is 9.55 Å². The van der Waals surface area contributed by atoms with Gasteiger partial charge in [-0.15, -0.1) is 0 Å². The number of aryl methyl sites for hydroxylation is 1. The van der Waals surface area contributed by atoms with Crippen LogP contribution in [0.2, 0.25) is 0 Å². The molecule has 0 saturated heterocycles. The average molecular weight is 258 g/mol. The summed E-state index contributed by atoms with van der Waals surface area (Å²) in [7, 11) is 1.37. The van der Waals surface area contributed by atoms with Gasteiger partial charge in [0.1, 0.15) is 18.2 Å². The first kappa shape index (κ1) is 11.8. The molecule has 98 valence electrons. The molecule has 0 fully saturated rings. The fourth-order valence-corrected chi connectivity index (χ4v) is 2.26. The summed E-state index contributed by atoms with van der Waals surface area (Å²) in [5.74, 6) is 1.18. The highest BCUT2D eigenvalue weighted by Crippen LogP contribution is 2.32. The molecule has 0 unspecified atom stereocenters. The van der Waals surface area contributed by atoms with Crippen LogP contribution in [0.4, 0.5) is 0 Å². The Labute approximate surface area is 110 Å². The Morgan fingerprint density at radius 1 is 1.47 bits per heavy atom. The van der Waals surface area contributed by atoms with Gasteiger partial charge in [0.05, 0.1) is 30.5 Å². The summed E-state index contributed by atoms with van der Waals surface area (Å²) >= 11 is 0. The highest BCUT2D eigenvalue weighted by Gasteiger charge is 2.19. The second kappa shape index (κ2) is 4.42. The van der Waals surface area contributed by atoms with Crippen molar-refractivity contribution >= 4 is 5.97 Å². The Morgan fingerprint density at radius 2 is 2.32 bits per heavy atom. The van der Waals surface area contributed by atoms with Crippen LogP contribution in [0.5, 0.6) is 5.75 Å². The fourth-order valence-electron chi connectivity index (χ4n) is 2.26. The van der Waals surface area contributed by atoms with Gasteiger partial charge in [-0.2, -0.15) is 0 Å². The number of aromatic nitrogens is 2. The van der Waals surface area contributed by atoms with Crippen molar-refractivity contribution in [2.24, 2.45) is 0 Å². The van der Waals surface area contributed by atoms with Crippen LogP contribution in [0.15, 0.2) is 24.4 Å². The van der Waals surface area contributed by atoms with Crippen LogP contribution < -0.4 is 4.74 Å². The molecule has 2 heterocycles. The summed E-state index contributed by atoms with van der Waals surface area (Å²) < 4.78 is 12.5. The SMILES string of the molecule is COC(=O)c1ccc2c(c1)OCCn1cc(C)nc1-2. The summed E-state index contributed by atoms with van der Waals surface area (Å²) in [5.41, 5.74) is 2.36. The van der Waals surface area contributed by atoms with E-state index in [-0.39, 0.29) is 5.97 Å². The number of esters is 1. The average Bonchev–Trinajstić information content (AvgIpc) is 2.70. The van der Waals surface area contributed by atoms with Crippen LogP contribution >= 0.6 is 0 Å². The van der Waals surface area contributed by atoms with Gasteiger partial charge in [0.15, 0.2) is 0 Å². The number of hydrogen-bond donors (Lipinski definition) is 0. The monoisotopic (exact) mass is 258 g/mol. The Balaban J connectivity index is 2.12. The van der Waals surface area contributed by atoms with Crippen LogP contribution in [-0.2, 0) is 11.3 Å². The number of ether oxygens (including phenoxy) is 2. The van der Waals surface area contributed by atoms with E-state index in [1.165, 1.54) is 7.11 Å². The molecule has 19 heavy (non-hydrogen) atoms. The zero-order valence-electron chi connectivity index (χ0n) is 10.8. The van der Waals surface area contributed by atoms with Crippen molar-refractivity contribution in [2.75, 3.05) is 13.7 Å². The normalized spacial score (nSPS) is 12.9. The third kappa shape index (κ3) is 1.97. The van der Waals surface area contributed by atoms with Gasteiger partial charge in [-0.1, -0.05) is 0 Å². The van der Waals surface area contributed by atoms with Crippen molar-refractivity contribution in [3.63, 3.8) is 0 Å². The number of rotatable bonds is 1. The van der Waals surface area contributed by atoms with Crippen LogP contribution in [-0.4, -0.2) is 29.2 Å². The molecule has 1 aromatic heterocycles. The summed E-state index contributed by atoms with van der Waals surface area (Å²) in [4.78, 5) is 16.1. The van der Waals surface area contributed by atoms with Crippen LogP contribution in [0.1, 0.15) is 16.1 Å². The quantitative estimate of drug-likeness (QED) is 0.734. The van der Waals surface area contributed by atoms with Gasteiger partial charge in [-0.3, -0.25) is 0 Å². The molecule has 0 bridgehead atoms. The molecule has 0 aliphatic carbocycles. The lowest BCUT2D eigenvalue weighted by molar-refractivity contribution is 0.0600. The largest absolute Gasteiger partial charge is 0.491 e. The van der Waals surface area contributed by atoms with Gasteiger partial charge in [0.2, 0.25) is 0 Å². The molecule has 5 heteroatoms. The van der Waals surface area contributed by atoms with Crippen LogP contribution in [0.25, 0.3) is 11.4 Å². The second-order valence-electron chi connectivity index (χ2n) is 4.45. The number of imidazole rings is 1. The van der Waals surface area contributed by atoms with Crippen molar-refractivity contribution in [1.82, 2.24) is 9.55 Å². The molecular formula is C14H14N2O3. The maximum atomic E-state index is 11.5. The second-order valence-corrected chi connectivity index (χ2v) is 4.45. The number of carbonyl (C=O) groups excluding carboxylic acids is 1. The lowest BCUT2D eigenvalue weighted by Crippen LogP contribution is -2.05. The van der Waals surface area contributed by atoms with Crippen molar-refractivity contribution < 1.29 is 14.3 Å². The van der Waals surface area contributed by atoms with Gasteiger partial charge in [0, 0.05) is 6.20 Å². The molecule has 2 aromatic rings. The molecule has 0 N–H and O–H groups in total. The third-order valence-corrected chi connectivity index (χ3v) is 3.13. The first-order valence-corrected chi connectivity index (χ1v) is 6.08. The predicted octanol–water partition coefficient (Wildman–Crippen LogP) is 2.04. The van der Waals surface area contributed by atoms with Gasteiger partial charge in [-0.25, -0.2) is 9.78 Å². The van der Waals surface area contributed by atoms with E-state index >= 15 is 0 Å². The zero-order valence-corrected chi connectivity index (χ0v) is 10.8. The molecule has 1 aliphatic heterocycles. The number of nitrogens with zero attached hydrogens (tertiary/aromatic N) is 2. The fraction of sp³-hybridized carbons (Fsp3) is 0.286.